The topological polar surface area (TPSA) is 108 Å². The second-order valence-corrected chi connectivity index (χ2v) is 6.38. The number of aryl methyl sites for hydroxylation is 1. The highest BCUT2D eigenvalue weighted by Gasteiger charge is 2.31. The van der Waals surface area contributed by atoms with Crippen LogP contribution in [0.25, 0.3) is 0 Å². The van der Waals surface area contributed by atoms with E-state index in [9.17, 15) is 14.9 Å². The van der Waals surface area contributed by atoms with Crippen LogP contribution in [0.5, 0.6) is 0 Å². The minimum absolute atomic E-state index is 0.0651. The average molecular weight is 320 g/mol. The average Bonchev–Trinajstić information content (AvgIpc) is 3.05. The Labute approximate surface area is 133 Å². The highest BCUT2D eigenvalue weighted by atomic mass is 16.6. The van der Waals surface area contributed by atoms with E-state index in [1.165, 1.54) is 11.7 Å². The summed E-state index contributed by atoms with van der Waals surface area (Å²) in [5.41, 5.74) is -0.629. The maximum Gasteiger partial charge on any atom is 0.320 e. The van der Waals surface area contributed by atoms with Gasteiger partial charge in [0.25, 0.3) is 5.91 Å². The quantitative estimate of drug-likeness (QED) is 0.661. The summed E-state index contributed by atoms with van der Waals surface area (Å²) < 4.78 is 2.93. The van der Waals surface area contributed by atoms with Crippen LogP contribution in [-0.2, 0) is 13.6 Å². The predicted molar refractivity (Wildman–Crippen MR) is 82.8 cm³/mol. The standard InChI is InChI=1S/C14H20N6O3/c1-14(2,3)11(9-19-7-5-6-15-19)17-13(21)12-10(20(22)23)8-16-18(12)4/h5-8,11H,9H2,1-4H3,(H,17,21)/t11-/m1/s1. The Bertz CT molecular complexity index is 699. The summed E-state index contributed by atoms with van der Waals surface area (Å²) in [6.07, 6.45) is 4.54. The van der Waals surface area contributed by atoms with Gasteiger partial charge in [0, 0.05) is 19.4 Å². The fraction of sp³-hybridized carbons (Fsp3) is 0.500. The molecule has 2 heterocycles. The van der Waals surface area contributed by atoms with Gasteiger partial charge in [-0.15, -0.1) is 0 Å². The molecule has 1 amide bonds. The van der Waals surface area contributed by atoms with Gasteiger partial charge in [0.2, 0.25) is 5.69 Å². The van der Waals surface area contributed by atoms with Crippen molar-refractivity contribution in [1.29, 1.82) is 0 Å². The number of hydrogen-bond donors (Lipinski definition) is 1. The lowest BCUT2D eigenvalue weighted by molar-refractivity contribution is -0.385. The molecule has 0 aliphatic rings. The SMILES string of the molecule is Cn1ncc([N+](=O)[O-])c1C(=O)N[C@H](Cn1cccn1)C(C)(C)C. The lowest BCUT2D eigenvalue weighted by Gasteiger charge is -2.31. The van der Waals surface area contributed by atoms with Crippen molar-refractivity contribution >= 4 is 11.6 Å². The van der Waals surface area contributed by atoms with E-state index in [0.29, 0.717) is 6.54 Å². The summed E-state index contributed by atoms with van der Waals surface area (Å²) in [7, 11) is 1.50. The summed E-state index contributed by atoms with van der Waals surface area (Å²) in [5.74, 6) is -0.524. The van der Waals surface area contributed by atoms with Gasteiger partial charge in [-0.2, -0.15) is 10.2 Å². The molecule has 0 bridgehead atoms. The third kappa shape index (κ3) is 3.74. The van der Waals surface area contributed by atoms with Crippen LogP contribution in [0.4, 0.5) is 5.69 Å². The third-order valence-corrected chi connectivity index (χ3v) is 3.61. The molecule has 0 spiro atoms. The van der Waals surface area contributed by atoms with Crippen LogP contribution in [0.15, 0.2) is 24.7 Å². The molecule has 2 aromatic heterocycles. The second-order valence-electron chi connectivity index (χ2n) is 6.38. The summed E-state index contributed by atoms with van der Waals surface area (Å²) >= 11 is 0. The van der Waals surface area contributed by atoms with Crippen molar-refractivity contribution in [3.8, 4) is 0 Å². The Morgan fingerprint density at radius 1 is 1.43 bits per heavy atom. The molecule has 2 aromatic rings. The highest BCUT2D eigenvalue weighted by Crippen LogP contribution is 2.23. The number of nitrogens with zero attached hydrogens (tertiary/aromatic N) is 5. The lowest BCUT2D eigenvalue weighted by Crippen LogP contribution is -2.47. The molecule has 0 aliphatic heterocycles. The largest absolute Gasteiger partial charge is 0.345 e. The molecule has 9 nitrogen and oxygen atoms in total. The minimum atomic E-state index is -0.610. The summed E-state index contributed by atoms with van der Waals surface area (Å²) in [5, 5.41) is 21.8. The Hall–Kier alpha value is -2.71. The van der Waals surface area contributed by atoms with Gasteiger partial charge in [0.1, 0.15) is 6.20 Å². The molecule has 0 aromatic carbocycles. The molecular formula is C14H20N6O3. The van der Waals surface area contributed by atoms with Gasteiger partial charge in [0.05, 0.1) is 17.5 Å². The number of hydrogen-bond acceptors (Lipinski definition) is 5. The Morgan fingerprint density at radius 3 is 2.65 bits per heavy atom. The lowest BCUT2D eigenvalue weighted by atomic mass is 9.86. The highest BCUT2D eigenvalue weighted by molar-refractivity contribution is 5.96. The van der Waals surface area contributed by atoms with Crippen LogP contribution < -0.4 is 5.32 Å². The molecule has 0 radical (unpaired) electrons. The maximum atomic E-state index is 12.5. The molecule has 0 aliphatic carbocycles. The van der Waals surface area contributed by atoms with Gasteiger partial charge in [-0.25, -0.2) is 0 Å². The van der Waals surface area contributed by atoms with Gasteiger partial charge in [-0.1, -0.05) is 20.8 Å². The number of nitro groups is 1. The molecule has 0 fully saturated rings. The molecule has 1 atom stereocenters. The molecule has 1 N–H and O–H groups in total. The predicted octanol–water partition coefficient (Wildman–Crippen LogP) is 1.37. The number of rotatable bonds is 5. The van der Waals surface area contributed by atoms with Crippen molar-refractivity contribution in [1.82, 2.24) is 24.9 Å². The van der Waals surface area contributed by atoms with Crippen LogP contribution in [0.1, 0.15) is 31.3 Å². The molecule has 23 heavy (non-hydrogen) atoms. The normalized spacial score (nSPS) is 12.9. The molecule has 0 unspecified atom stereocenters. The van der Waals surface area contributed by atoms with Crippen molar-refractivity contribution in [3.05, 3.63) is 40.5 Å². The van der Waals surface area contributed by atoms with E-state index in [-0.39, 0.29) is 22.8 Å². The number of aromatic nitrogens is 4. The first-order valence-electron chi connectivity index (χ1n) is 7.15. The summed E-state index contributed by atoms with van der Waals surface area (Å²) in [6, 6.07) is 1.54. The monoisotopic (exact) mass is 320 g/mol. The van der Waals surface area contributed by atoms with E-state index in [2.05, 4.69) is 15.5 Å². The van der Waals surface area contributed by atoms with Crippen molar-refractivity contribution < 1.29 is 9.72 Å². The second kappa shape index (κ2) is 6.19. The van der Waals surface area contributed by atoms with E-state index in [1.54, 1.807) is 23.1 Å². The number of carbonyl (C=O) groups is 1. The van der Waals surface area contributed by atoms with Crippen LogP contribution in [-0.4, -0.2) is 36.4 Å². The van der Waals surface area contributed by atoms with Crippen LogP contribution in [0.3, 0.4) is 0 Å². The third-order valence-electron chi connectivity index (χ3n) is 3.61. The fourth-order valence-electron chi connectivity index (χ4n) is 2.18. The molecule has 9 heteroatoms. The Morgan fingerprint density at radius 2 is 2.13 bits per heavy atom. The van der Waals surface area contributed by atoms with Crippen molar-refractivity contribution in [2.75, 3.05) is 0 Å². The van der Waals surface area contributed by atoms with E-state index in [4.69, 9.17) is 0 Å². The van der Waals surface area contributed by atoms with Gasteiger partial charge in [0.15, 0.2) is 0 Å². The molecule has 0 saturated carbocycles. The van der Waals surface area contributed by atoms with E-state index < -0.39 is 10.8 Å². The number of nitrogens with one attached hydrogen (secondary N) is 1. The van der Waals surface area contributed by atoms with Crippen LogP contribution in [0.2, 0.25) is 0 Å². The van der Waals surface area contributed by atoms with Crippen LogP contribution >= 0.6 is 0 Å². The minimum Gasteiger partial charge on any atom is -0.345 e. The molecule has 124 valence electrons. The first kappa shape index (κ1) is 16.7. The molecule has 0 saturated heterocycles. The van der Waals surface area contributed by atoms with Crippen molar-refractivity contribution in [2.24, 2.45) is 12.5 Å². The summed E-state index contributed by atoms with van der Waals surface area (Å²) in [4.78, 5) is 23.0. The van der Waals surface area contributed by atoms with Gasteiger partial charge >= 0.3 is 5.69 Å². The van der Waals surface area contributed by atoms with Gasteiger partial charge < -0.3 is 5.32 Å². The van der Waals surface area contributed by atoms with E-state index >= 15 is 0 Å². The smallest absolute Gasteiger partial charge is 0.320 e. The molecule has 2 rings (SSSR count). The first-order chi connectivity index (χ1) is 10.7. The molecular weight excluding hydrogens is 300 g/mol. The zero-order chi connectivity index (χ0) is 17.2. The Balaban J connectivity index is 2.24. The van der Waals surface area contributed by atoms with Crippen molar-refractivity contribution in [2.45, 2.75) is 33.4 Å². The van der Waals surface area contributed by atoms with Gasteiger partial charge in [-0.3, -0.25) is 24.3 Å². The summed E-state index contributed by atoms with van der Waals surface area (Å²) in [6.45, 7) is 6.42. The Kier molecular flexibility index (Phi) is 4.48. The van der Waals surface area contributed by atoms with E-state index in [0.717, 1.165) is 6.20 Å². The maximum absolute atomic E-state index is 12.5. The van der Waals surface area contributed by atoms with E-state index in [1.807, 2.05) is 20.8 Å². The zero-order valence-corrected chi connectivity index (χ0v) is 13.6. The number of amides is 1. The first-order valence-corrected chi connectivity index (χ1v) is 7.15. The number of carbonyl (C=O) groups excluding carboxylic acids is 1. The fourth-order valence-corrected chi connectivity index (χ4v) is 2.18. The zero-order valence-electron chi connectivity index (χ0n) is 13.6. The van der Waals surface area contributed by atoms with Crippen LogP contribution in [0, 0.1) is 15.5 Å². The van der Waals surface area contributed by atoms with Crippen molar-refractivity contribution in [3.63, 3.8) is 0 Å². The van der Waals surface area contributed by atoms with Gasteiger partial charge in [-0.05, 0) is 11.5 Å².